The first-order chi connectivity index (χ1) is 8.65. The fourth-order valence-electron chi connectivity index (χ4n) is 1.84. The van der Waals surface area contributed by atoms with Crippen molar-refractivity contribution in [2.45, 2.75) is 12.3 Å². The molecule has 2 rings (SSSR count). The van der Waals surface area contributed by atoms with Crippen molar-refractivity contribution in [2.24, 2.45) is 5.73 Å². The van der Waals surface area contributed by atoms with Crippen molar-refractivity contribution in [3.63, 3.8) is 0 Å². The summed E-state index contributed by atoms with van der Waals surface area (Å²) in [5.74, 6) is 0.666. The number of hydrogen-bond donors (Lipinski definition) is 1. The van der Waals surface area contributed by atoms with Gasteiger partial charge in [0.05, 0.1) is 18.6 Å². The number of ether oxygens (including phenoxy) is 3. The van der Waals surface area contributed by atoms with Crippen LogP contribution in [0.1, 0.15) is 17.9 Å². The zero-order chi connectivity index (χ0) is 13.1. The minimum Gasteiger partial charge on any atom is -0.469 e. The molecule has 0 aromatic heterocycles. The van der Waals surface area contributed by atoms with Gasteiger partial charge in [0, 0.05) is 5.92 Å². The van der Waals surface area contributed by atoms with Crippen molar-refractivity contribution in [2.75, 3.05) is 20.4 Å². The van der Waals surface area contributed by atoms with E-state index in [0.717, 1.165) is 5.56 Å². The number of hydrogen-bond acceptors (Lipinski definition) is 5. The summed E-state index contributed by atoms with van der Waals surface area (Å²) in [5, 5.41) is 0.461. The third-order valence-electron chi connectivity index (χ3n) is 2.85. The Labute approximate surface area is 110 Å². The lowest BCUT2D eigenvalue weighted by molar-refractivity contribution is -0.141. The second-order valence-electron chi connectivity index (χ2n) is 3.95. The molecule has 1 heterocycles. The first-order valence-corrected chi connectivity index (χ1v) is 5.89. The lowest BCUT2D eigenvalue weighted by Gasteiger charge is -2.15. The largest absolute Gasteiger partial charge is 0.469 e. The number of fused-ring (bicyclic) bond motifs is 1. The molecule has 0 bridgehead atoms. The van der Waals surface area contributed by atoms with Crippen molar-refractivity contribution in [3.05, 3.63) is 22.7 Å². The zero-order valence-electron chi connectivity index (χ0n) is 9.94. The van der Waals surface area contributed by atoms with Gasteiger partial charge in [0.15, 0.2) is 11.5 Å². The van der Waals surface area contributed by atoms with Crippen LogP contribution >= 0.6 is 11.6 Å². The van der Waals surface area contributed by atoms with Crippen molar-refractivity contribution < 1.29 is 19.0 Å². The number of esters is 1. The highest BCUT2D eigenvalue weighted by molar-refractivity contribution is 6.32. The van der Waals surface area contributed by atoms with Crippen LogP contribution in [-0.2, 0) is 9.53 Å². The summed E-state index contributed by atoms with van der Waals surface area (Å²) in [5.41, 5.74) is 6.52. The molecule has 18 heavy (non-hydrogen) atoms. The lowest BCUT2D eigenvalue weighted by atomic mass is 9.95. The Balaban J connectivity index is 2.26. The Morgan fingerprint density at radius 1 is 1.56 bits per heavy atom. The van der Waals surface area contributed by atoms with Crippen LogP contribution < -0.4 is 15.2 Å². The van der Waals surface area contributed by atoms with E-state index in [2.05, 4.69) is 4.74 Å². The highest BCUT2D eigenvalue weighted by Crippen LogP contribution is 2.41. The van der Waals surface area contributed by atoms with E-state index in [-0.39, 0.29) is 25.1 Å². The molecular formula is C12H14ClNO4. The van der Waals surface area contributed by atoms with Gasteiger partial charge in [-0.1, -0.05) is 11.6 Å². The van der Waals surface area contributed by atoms with Gasteiger partial charge in [-0.2, -0.15) is 0 Å². The standard InChI is InChI=1S/C12H14ClNO4/c1-16-11(15)4-8(5-14)7-2-9(13)12-10(3-7)17-6-18-12/h2-3,8H,4-6,14H2,1H3. The zero-order valence-corrected chi connectivity index (χ0v) is 10.7. The third-order valence-corrected chi connectivity index (χ3v) is 3.13. The maximum absolute atomic E-state index is 11.3. The van der Waals surface area contributed by atoms with Crippen LogP contribution in [-0.4, -0.2) is 26.4 Å². The molecule has 0 aliphatic carbocycles. The fourth-order valence-corrected chi connectivity index (χ4v) is 2.12. The molecule has 1 aliphatic rings. The van der Waals surface area contributed by atoms with Crippen LogP contribution in [0.4, 0.5) is 0 Å². The van der Waals surface area contributed by atoms with Crippen molar-refractivity contribution >= 4 is 17.6 Å². The minimum absolute atomic E-state index is 0.149. The highest BCUT2D eigenvalue weighted by Gasteiger charge is 2.22. The summed E-state index contributed by atoms with van der Waals surface area (Å²) in [4.78, 5) is 11.3. The predicted molar refractivity (Wildman–Crippen MR) is 66.0 cm³/mol. The van der Waals surface area contributed by atoms with E-state index < -0.39 is 0 Å². The van der Waals surface area contributed by atoms with E-state index >= 15 is 0 Å². The van der Waals surface area contributed by atoms with Gasteiger partial charge in [0.25, 0.3) is 0 Å². The molecule has 2 N–H and O–H groups in total. The summed E-state index contributed by atoms with van der Waals surface area (Å²) in [6, 6.07) is 3.55. The average molecular weight is 272 g/mol. The number of methoxy groups -OCH3 is 1. The van der Waals surface area contributed by atoms with Gasteiger partial charge in [0.1, 0.15) is 0 Å². The fraction of sp³-hybridized carbons (Fsp3) is 0.417. The Kier molecular flexibility index (Phi) is 3.93. The maximum Gasteiger partial charge on any atom is 0.306 e. The summed E-state index contributed by atoms with van der Waals surface area (Å²) < 4.78 is 15.1. The molecule has 5 nitrogen and oxygen atoms in total. The normalized spacial score (nSPS) is 14.4. The lowest BCUT2D eigenvalue weighted by Crippen LogP contribution is -2.17. The highest BCUT2D eigenvalue weighted by atomic mass is 35.5. The third kappa shape index (κ3) is 2.52. The Morgan fingerprint density at radius 2 is 2.33 bits per heavy atom. The molecule has 6 heteroatoms. The van der Waals surface area contributed by atoms with Crippen LogP contribution in [0.15, 0.2) is 12.1 Å². The molecule has 0 amide bonds. The Hall–Kier alpha value is -1.46. The monoisotopic (exact) mass is 271 g/mol. The van der Waals surface area contributed by atoms with Crippen LogP contribution in [0.3, 0.4) is 0 Å². The molecule has 0 saturated carbocycles. The van der Waals surface area contributed by atoms with Gasteiger partial charge in [-0.3, -0.25) is 4.79 Å². The molecule has 0 saturated heterocycles. The number of carbonyl (C=O) groups is 1. The van der Waals surface area contributed by atoms with Gasteiger partial charge < -0.3 is 19.9 Å². The second-order valence-corrected chi connectivity index (χ2v) is 4.36. The number of benzene rings is 1. The quantitative estimate of drug-likeness (QED) is 0.844. The smallest absolute Gasteiger partial charge is 0.306 e. The summed E-state index contributed by atoms with van der Waals surface area (Å²) in [7, 11) is 1.35. The molecule has 1 unspecified atom stereocenters. The molecule has 98 valence electrons. The average Bonchev–Trinajstić information content (AvgIpc) is 2.84. The number of nitrogens with two attached hydrogens (primary N) is 1. The van der Waals surface area contributed by atoms with E-state index in [4.69, 9.17) is 26.8 Å². The van der Waals surface area contributed by atoms with E-state index in [1.54, 1.807) is 12.1 Å². The first-order valence-electron chi connectivity index (χ1n) is 5.51. The van der Waals surface area contributed by atoms with Crippen LogP contribution in [0.25, 0.3) is 0 Å². The topological polar surface area (TPSA) is 70.8 Å². The van der Waals surface area contributed by atoms with Gasteiger partial charge in [-0.05, 0) is 24.2 Å². The first kappa shape index (κ1) is 13.0. The molecular weight excluding hydrogens is 258 g/mol. The van der Waals surface area contributed by atoms with Crippen LogP contribution in [0.5, 0.6) is 11.5 Å². The maximum atomic E-state index is 11.3. The molecule has 0 radical (unpaired) electrons. The van der Waals surface area contributed by atoms with Crippen molar-refractivity contribution in [1.29, 1.82) is 0 Å². The van der Waals surface area contributed by atoms with E-state index in [0.29, 0.717) is 23.1 Å². The Morgan fingerprint density at radius 3 is 3.00 bits per heavy atom. The van der Waals surface area contributed by atoms with Crippen molar-refractivity contribution in [3.8, 4) is 11.5 Å². The molecule has 1 aromatic rings. The molecule has 1 atom stereocenters. The summed E-state index contributed by atoms with van der Waals surface area (Å²) in [6.45, 7) is 0.480. The van der Waals surface area contributed by atoms with E-state index in [1.807, 2.05) is 0 Å². The van der Waals surface area contributed by atoms with E-state index in [1.165, 1.54) is 7.11 Å². The van der Waals surface area contributed by atoms with Gasteiger partial charge in [0.2, 0.25) is 6.79 Å². The van der Waals surface area contributed by atoms with Gasteiger partial charge in [-0.15, -0.1) is 0 Å². The summed E-state index contributed by atoms with van der Waals surface area (Å²) in [6.07, 6.45) is 0.211. The Bertz CT molecular complexity index is 464. The van der Waals surface area contributed by atoms with Gasteiger partial charge in [-0.25, -0.2) is 0 Å². The number of halogens is 1. The van der Waals surface area contributed by atoms with Gasteiger partial charge >= 0.3 is 5.97 Å². The molecule has 1 aliphatic heterocycles. The molecule has 1 aromatic carbocycles. The van der Waals surface area contributed by atoms with Crippen molar-refractivity contribution in [1.82, 2.24) is 0 Å². The number of rotatable bonds is 4. The summed E-state index contributed by atoms with van der Waals surface area (Å²) >= 11 is 6.08. The molecule has 0 fully saturated rings. The predicted octanol–water partition coefficient (Wildman–Crippen LogP) is 1.67. The second kappa shape index (κ2) is 5.46. The molecule has 0 spiro atoms. The number of carbonyl (C=O) groups excluding carboxylic acids is 1. The van der Waals surface area contributed by atoms with Crippen LogP contribution in [0, 0.1) is 0 Å². The van der Waals surface area contributed by atoms with E-state index in [9.17, 15) is 4.79 Å². The van der Waals surface area contributed by atoms with Crippen LogP contribution in [0.2, 0.25) is 5.02 Å². The minimum atomic E-state index is -0.306. The SMILES string of the molecule is COC(=O)CC(CN)c1cc(Cl)c2c(c1)OCO2.